The zero-order chi connectivity index (χ0) is 31.0. The molecular formula is C40H41O3P. The molecule has 1 saturated heterocycles. The molecule has 1 heterocycles. The summed E-state index contributed by atoms with van der Waals surface area (Å²) in [4.78, 5) is 0. The predicted octanol–water partition coefficient (Wildman–Crippen LogP) is 10.8. The highest BCUT2D eigenvalue weighted by Crippen LogP contribution is 2.70. The first-order chi connectivity index (χ1) is 21.1. The largest absolute Gasteiger partial charge is 0.426 e. The fraction of sp³-hybridized carbons (Fsp3) is 0.250. The van der Waals surface area contributed by atoms with Crippen molar-refractivity contribution in [3.63, 3.8) is 0 Å². The zero-order valence-electron chi connectivity index (χ0n) is 26.5. The molecule has 0 radical (unpaired) electrons. The van der Waals surface area contributed by atoms with Gasteiger partial charge in [-0.05, 0) is 33.1 Å². The van der Waals surface area contributed by atoms with Crippen LogP contribution in [-0.2, 0) is 31.1 Å². The molecule has 0 unspecified atom stereocenters. The third-order valence-electron chi connectivity index (χ3n) is 8.44. The Morgan fingerprint density at radius 1 is 0.432 bits per heavy atom. The van der Waals surface area contributed by atoms with Gasteiger partial charge in [0.1, 0.15) is 5.75 Å². The standard InChI is InChI=1S/C40H41O3P/c1-37(2,3)34-28-19-29-35(38(4,5)6)36(34)41-44-42-39(30-20-11-7-12-21-30,31-22-13-8-14-23-31)40(43-44,32-24-15-9-16-25-32)33-26-17-10-18-27-33/h7-29H,1-6H3. The van der Waals surface area contributed by atoms with Crippen molar-refractivity contribution in [1.29, 1.82) is 0 Å². The Labute approximate surface area is 263 Å². The van der Waals surface area contributed by atoms with Gasteiger partial charge in [-0.3, -0.25) is 9.05 Å². The van der Waals surface area contributed by atoms with E-state index in [1.807, 2.05) is 24.3 Å². The first kappa shape index (κ1) is 30.3. The van der Waals surface area contributed by atoms with Crippen LogP contribution in [0, 0.1) is 0 Å². The van der Waals surface area contributed by atoms with Crippen LogP contribution < -0.4 is 4.52 Å². The van der Waals surface area contributed by atoms with Crippen LogP contribution in [-0.4, -0.2) is 0 Å². The Morgan fingerprint density at radius 3 is 1.00 bits per heavy atom. The summed E-state index contributed by atoms with van der Waals surface area (Å²) in [6, 6.07) is 48.3. The molecule has 224 valence electrons. The van der Waals surface area contributed by atoms with Crippen LogP contribution in [0.25, 0.3) is 0 Å². The van der Waals surface area contributed by atoms with Crippen molar-refractivity contribution in [1.82, 2.24) is 0 Å². The smallest absolute Gasteiger partial charge is 0.400 e. The van der Waals surface area contributed by atoms with E-state index in [0.29, 0.717) is 0 Å². The number of para-hydroxylation sites is 1. The fourth-order valence-electron chi connectivity index (χ4n) is 6.35. The number of rotatable bonds is 6. The predicted molar refractivity (Wildman–Crippen MR) is 181 cm³/mol. The van der Waals surface area contributed by atoms with E-state index >= 15 is 0 Å². The third kappa shape index (κ3) is 5.18. The van der Waals surface area contributed by atoms with Crippen molar-refractivity contribution >= 4 is 8.60 Å². The minimum absolute atomic E-state index is 0.155. The van der Waals surface area contributed by atoms with Crippen LogP contribution in [0.15, 0.2) is 140 Å². The monoisotopic (exact) mass is 600 g/mol. The van der Waals surface area contributed by atoms with E-state index in [4.69, 9.17) is 13.6 Å². The molecule has 0 aliphatic carbocycles. The van der Waals surface area contributed by atoms with Gasteiger partial charge < -0.3 is 4.52 Å². The maximum Gasteiger partial charge on any atom is 0.400 e. The van der Waals surface area contributed by atoms with E-state index in [2.05, 4.69) is 157 Å². The van der Waals surface area contributed by atoms with Crippen LogP contribution in [0.1, 0.15) is 74.9 Å². The topological polar surface area (TPSA) is 27.7 Å². The highest BCUT2D eigenvalue weighted by atomic mass is 31.2. The molecule has 1 fully saturated rings. The highest BCUT2D eigenvalue weighted by Gasteiger charge is 2.67. The molecule has 44 heavy (non-hydrogen) atoms. The lowest BCUT2D eigenvalue weighted by molar-refractivity contribution is 0.00370. The summed E-state index contributed by atoms with van der Waals surface area (Å²) >= 11 is 0. The van der Waals surface area contributed by atoms with Gasteiger partial charge in [0.25, 0.3) is 0 Å². The Bertz CT molecular complexity index is 1490. The van der Waals surface area contributed by atoms with Crippen molar-refractivity contribution in [3.8, 4) is 5.75 Å². The van der Waals surface area contributed by atoms with E-state index in [1.165, 1.54) is 0 Å². The molecule has 6 rings (SSSR count). The summed E-state index contributed by atoms with van der Waals surface area (Å²) in [7, 11) is -1.92. The molecule has 1 aliphatic heterocycles. The molecule has 5 aromatic carbocycles. The second-order valence-electron chi connectivity index (χ2n) is 13.5. The fourth-order valence-corrected chi connectivity index (χ4v) is 7.93. The van der Waals surface area contributed by atoms with Crippen molar-refractivity contribution in [2.75, 3.05) is 0 Å². The van der Waals surface area contributed by atoms with Gasteiger partial charge in [0, 0.05) is 11.1 Å². The number of hydrogen-bond acceptors (Lipinski definition) is 3. The summed E-state index contributed by atoms with van der Waals surface area (Å²) in [5, 5.41) is 0. The van der Waals surface area contributed by atoms with Gasteiger partial charge in [-0.1, -0.05) is 181 Å². The lowest BCUT2D eigenvalue weighted by atomic mass is 9.66. The van der Waals surface area contributed by atoms with Gasteiger partial charge >= 0.3 is 8.60 Å². The molecule has 1 aliphatic rings. The van der Waals surface area contributed by atoms with Crippen molar-refractivity contribution in [2.24, 2.45) is 0 Å². The molecule has 0 atom stereocenters. The summed E-state index contributed by atoms with van der Waals surface area (Å²) in [6.07, 6.45) is 0. The molecule has 0 N–H and O–H groups in total. The second-order valence-corrected chi connectivity index (χ2v) is 14.5. The van der Waals surface area contributed by atoms with Crippen LogP contribution in [0.4, 0.5) is 0 Å². The third-order valence-corrected chi connectivity index (χ3v) is 9.61. The Kier molecular flexibility index (Phi) is 8.01. The highest BCUT2D eigenvalue weighted by molar-refractivity contribution is 7.42. The number of benzene rings is 5. The van der Waals surface area contributed by atoms with Crippen LogP contribution in [0.2, 0.25) is 0 Å². The van der Waals surface area contributed by atoms with E-state index in [1.54, 1.807) is 0 Å². The maximum absolute atomic E-state index is 7.41. The average Bonchev–Trinajstić information content (AvgIpc) is 3.38. The molecule has 3 nitrogen and oxygen atoms in total. The SMILES string of the molecule is CC(C)(C)c1cccc(C(C)(C)C)c1OP1OC(c2ccccc2)(c2ccccc2)C(c2ccccc2)(c2ccccc2)O1. The van der Waals surface area contributed by atoms with Crippen LogP contribution in [0.3, 0.4) is 0 Å². The first-order valence-electron chi connectivity index (χ1n) is 15.3. The number of hydrogen-bond donors (Lipinski definition) is 0. The van der Waals surface area contributed by atoms with E-state index < -0.39 is 19.8 Å². The zero-order valence-corrected chi connectivity index (χ0v) is 27.3. The minimum atomic E-state index is -1.92. The average molecular weight is 601 g/mol. The Morgan fingerprint density at radius 2 is 0.727 bits per heavy atom. The van der Waals surface area contributed by atoms with E-state index in [9.17, 15) is 0 Å². The van der Waals surface area contributed by atoms with Gasteiger partial charge in [0.2, 0.25) is 0 Å². The molecular weight excluding hydrogens is 559 g/mol. The van der Waals surface area contributed by atoms with Crippen molar-refractivity contribution in [2.45, 2.75) is 63.6 Å². The van der Waals surface area contributed by atoms with Crippen molar-refractivity contribution in [3.05, 3.63) is 173 Å². The molecule has 0 saturated carbocycles. The summed E-state index contributed by atoms with van der Waals surface area (Å²) < 4.78 is 21.9. The molecule has 4 heteroatoms. The van der Waals surface area contributed by atoms with E-state index in [0.717, 1.165) is 39.1 Å². The van der Waals surface area contributed by atoms with E-state index in [-0.39, 0.29) is 10.8 Å². The lowest BCUT2D eigenvalue weighted by Gasteiger charge is -2.43. The quantitative estimate of drug-likeness (QED) is 0.182. The summed E-state index contributed by atoms with van der Waals surface area (Å²) in [5.41, 5.74) is 3.78. The second kappa shape index (κ2) is 11.6. The van der Waals surface area contributed by atoms with Crippen LogP contribution >= 0.6 is 8.60 Å². The summed E-state index contributed by atoms with van der Waals surface area (Å²) in [5.74, 6) is 0.838. The Hall–Kier alpha value is -3.75. The normalized spacial score (nSPS) is 16.5. The van der Waals surface area contributed by atoms with Crippen LogP contribution in [0.5, 0.6) is 5.75 Å². The van der Waals surface area contributed by atoms with Gasteiger partial charge in [0.05, 0.1) is 0 Å². The lowest BCUT2D eigenvalue weighted by Crippen LogP contribution is -2.48. The molecule has 5 aromatic rings. The maximum atomic E-state index is 7.41. The molecule has 0 bridgehead atoms. The van der Waals surface area contributed by atoms with Gasteiger partial charge in [-0.15, -0.1) is 0 Å². The van der Waals surface area contributed by atoms with Gasteiger partial charge in [0.15, 0.2) is 11.2 Å². The minimum Gasteiger partial charge on any atom is -0.426 e. The van der Waals surface area contributed by atoms with Gasteiger partial charge in [-0.2, -0.15) is 0 Å². The molecule has 0 aromatic heterocycles. The molecule has 0 spiro atoms. The first-order valence-corrected chi connectivity index (χ1v) is 16.4. The summed E-state index contributed by atoms with van der Waals surface area (Å²) in [6.45, 7) is 13.3. The van der Waals surface area contributed by atoms with Crippen molar-refractivity contribution < 1.29 is 13.6 Å². The Balaban J connectivity index is 1.66. The van der Waals surface area contributed by atoms with Gasteiger partial charge in [-0.25, -0.2) is 0 Å². The molecule has 0 amide bonds.